The van der Waals surface area contributed by atoms with E-state index in [9.17, 15) is 14.7 Å². The second-order valence-electron chi connectivity index (χ2n) is 4.06. The van der Waals surface area contributed by atoms with Gasteiger partial charge < -0.3 is 14.7 Å². The van der Waals surface area contributed by atoms with Crippen molar-refractivity contribution >= 4 is 29.2 Å². The van der Waals surface area contributed by atoms with Crippen molar-refractivity contribution in [1.29, 1.82) is 0 Å². The Labute approximate surface area is 109 Å². The number of halogens is 1. The molecule has 1 N–H and O–H groups in total. The van der Waals surface area contributed by atoms with Gasteiger partial charge in [0.05, 0.1) is 23.7 Å². The van der Waals surface area contributed by atoms with Gasteiger partial charge in [0, 0.05) is 19.0 Å². The van der Waals surface area contributed by atoms with Gasteiger partial charge >= 0.3 is 5.97 Å². The van der Waals surface area contributed by atoms with Crippen LogP contribution in [0.3, 0.4) is 0 Å². The van der Waals surface area contributed by atoms with Gasteiger partial charge in [-0.05, 0) is 12.1 Å². The van der Waals surface area contributed by atoms with Crippen LogP contribution in [0, 0.1) is 5.92 Å². The summed E-state index contributed by atoms with van der Waals surface area (Å²) in [5.74, 6) is -1.02. The highest BCUT2D eigenvalue weighted by Crippen LogP contribution is 2.33. The molecule has 1 amide bonds. The topological polar surface area (TPSA) is 66.8 Å². The third-order valence-corrected chi connectivity index (χ3v) is 3.18. The molecule has 1 aromatic carbocycles. The van der Waals surface area contributed by atoms with Crippen LogP contribution in [0.5, 0.6) is 5.75 Å². The quantitative estimate of drug-likeness (QED) is 0.828. The van der Waals surface area contributed by atoms with Crippen LogP contribution in [0.2, 0.25) is 5.02 Å². The second-order valence-corrected chi connectivity index (χ2v) is 4.47. The number of nitrogens with zero attached hydrogens (tertiary/aromatic N) is 1. The third kappa shape index (κ3) is 2.26. The summed E-state index contributed by atoms with van der Waals surface area (Å²) in [6.45, 7) is 0.246. The third-order valence-electron chi connectivity index (χ3n) is 2.88. The maximum atomic E-state index is 11.8. The van der Waals surface area contributed by atoms with Crippen LogP contribution in [0.1, 0.15) is 6.42 Å². The van der Waals surface area contributed by atoms with Crippen LogP contribution in [0.15, 0.2) is 18.2 Å². The zero-order chi connectivity index (χ0) is 13.3. The number of hydrogen-bond acceptors (Lipinski definition) is 4. The summed E-state index contributed by atoms with van der Waals surface area (Å²) in [6.07, 6.45) is 0.115. The number of amides is 1. The number of rotatable bonds is 2. The van der Waals surface area contributed by atoms with Crippen LogP contribution in [0.4, 0.5) is 5.69 Å². The molecule has 0 aromatic heterocycles. The molecule has 96 valence electrons. The van der Waals surface area contributed by atoms with Gasteiger partial charge in [0.1, 0.15) is 5.75 Å². The fourth-order valence-corrected chi connectivity index (χ4v) is 2.26. The Balaban J connectivity index is 2.24. The lowest BCUT2D eigenvalue weighted by molar-refractivity contribution is -0.145. The molecule has 0 saturated carbocycles. The maximum Gasteiger partial charge on any atom is 0.311 e. The number of phenols is 1. The molecule has 1 saturated heterocycles. The fraction of sp³-hybridized carbons (Fsp3) is 0.333. The average Bonchev–Trinajstić information content (AvgIpc) is 2.70. The Hall–Kier alpha value is -1.75. The van der Waals surface area contributed by atoms with Crippen LogP contribution in [-0.4, -0.2) is 30.6 Å². The lowest BCUT2D eigenvalue weighted by Gasteiger charge is -2.17. The van der Waals surface area contributed by atoms with E-state index in [2.05, 4.69) is 4.74 Å². The van der Waals surface area contributed by atoms with Crippen LogP contribution in [0.25, 0.3) is 0 Å². The summed E-state index contributed by atoms with van der Waals surface area (Å²) in [5, 5.41) is 9.53. The number of carbonyl (C=O) groups excluding carboxylic acids is 2. The molecular weight excluding hydrogens is 258 g/mol. The number of esters is 1. The molecule has 18 heavy (non-hydrogen) atoms. The van der Waals surface area contributed by atoms with Crippen molar-refractivity contribution in [2.75, 3.05) is 18.6 Å². The van der Waals surface area contributed by atoms with Crippen LogP contribution < -0.4 is 4.90 Å². The van der Waals surface area contributed by atoms with Gasteiger partial charge in [0.2, 0.25) is 5.91 Å². The average molecular weight is 270 g/mol. The van der Waals surface area contributed by atoms with E-state index in [1.54, 1.807) is 6.07 Å². The summed E-state index contributed by atoms with van der Waals surface area (Å²) in [4.78, 5) is 24.7. The minimum absolute atomic E-state index is 0.0277. The van der Waals surface area contributed by atoms with Crippen molar-refractivity contribution in [1.82, 2.24) is 0 Å². The van der Waals surface area contributed by atoms with Gasteiger partial charge in [-0.2, -0.15) is 0 Å². The van der Waals surface area contributed by atoms with Gasteiger partial charge in [0.25, 0.3) is 0 Å². The molecular formula is C12H12ClNO4. The minimum Gasteiger partial charge on any atom is -0.508 e. The number of anilines is 1. The first-order chi connectivity index (χ1) is 8.52. The van der Waals surface area contributed by atoms with E-state index in [1.165, 1.54) is 24.1 Å². The predicted octanol–water partition coefficient (Wildman–Crippen LogP) is 1.57. The summed E-state index contributed by atoms with van der Waals surface area (Å²) < 4.78 is 4.63. The summed E-state index contributed by atoms with van der Waals surface area (Å²) in [7, 11) is 1.29. The Kier molecular flexibility index (Phi) is 3.43. The van der Waals surface area contributed by atoms with E-state index in [0.717, 1.165) is 0 Å². The maximum absolute atomic E-state index is 11.8. The van der Waals surface area contributed by atoms with Crippen molar-refractivity contribution in [3.63, 3.8) is 0 Å². The van der Waals surface area contributed by atoms with Gasteiger partial charge in [-0.25, -0.2) is 0 Å². The SMILES string of the molecule is COC(=O)C1CC(=O)N(c2ccc(O)cc2Cl)C1. The van der Waals surface area contributed by atoms with Gasteiger partial charge in [0.15, 0.2) is 0 Å². The minimum atomic E-state index is -0.465. The molecule has 0 aliphatic carbocycles. The molecule has 0 bridgehead atoms. The van der Waals surface area contributed by atoms with Gasteiger partial charge in [-0.15, -0.1) is 0 Å². The predicted molar refractivity (Wildman–Crippen MR) is 65.6 cm³/mol. The van der Waals surface area contributed by atoms with Crippen LogP contribution in [-0.2, 0) is 14.3 Å². The van der Waals surface area contributed by atoms with E-state index in [0.29, 0.717) is 5.69 Å². The first-order valence-electron chi connectivity index (χ1n) is 5.39. The second kappa shape index (κ2) is 4.86. The molecule has 1 aliphatic rings. The van der Waals surface area contributed by atoms with E-state index in [4.69, 9.17) is 11.6 Å². The van der Waals surface area contributed by atoms with Gasteiger partial charge in [-0.1, -0.05) is 11.6 Å². The van der Waals surface area contributed by atoms with E-state index >= 15 is 0 Å². The number of phenolic OH excluding ortho intramolecular Hbond substituents is 1. The number of methoxy groups -OCH3 is 1. The Bertz CT molecular complexity index is 503. The highest BCUT2D eigenvalue weighted by Gasteiger charge is 2.36. The molecule has 0 radical (unpaired) electrons. The number of hydrogen-bond donors (Lipinski definition) is 1. The summed E-state index contributed by atoms with van der Waals surface area (Å²) in [6, 6.07) is 4.35. The molecule has 1 atom stereocenters. The summed E-state index contributed by atoms with van der Waals surface area (Å²) in [5.41, 5.74) is 0.492. The molecule has 1 aromatic rings. The Morgan fingerprint density at radius 2 is 2.28 bits per heavy atom. The van der Waals surface area contributed by atoms with Crippen molar-refractivity contribution in [2.45, 2.75) is 6.42 Å². The number of benzene rings is 1. The highest BCUT2D eigenvalue weighted by atomic mass is 35.5. The highest BCUT2D eigenvalue weighted by molar-refractivity contribution is 6.34. The molecule has 2 rings (SSSR count). The molecule has 5 nitrogen and oxygen atoms in total. The number of aromatic hydroxyl groups is 1. The monoisotopic (exact) mass is 269 g/mol. The molecule has 1 aliphatic heterocycles. The number of ether oxygens (including phenoxy) is 1. The van der Waals surface area contributed by atoms with E-state index in [1.807, 2.05) is 0 Å². The first-order valence-corrected chi connectivity index (χ1v) is 5.77. The smallest absolute Gasteiger partial charge is 0.311 e. The Morgan fingerprint density at radius 1 is 1.56 bits per heavy atom. The van der Waals surface area contributed by atoms with Crippen molar-refractivity contribution in [3.05, 3.63) is 23.2 Å². The van der Waals surface area contributed by atoms with Crippen LogP contribution >= 0.6 is 11.6 Å². The standard InChI is InChI=1S/C12H12ClNO4/c1-18-12(17)7-4-11(16)14(6-7)10-3-2-8(15)5-9(10)13/h2-3,5,7,15H,4,6H2,1H3. The first kappa shape index (κ1) is 12.7. The van der Waals surface area contributed by atoms with E-state index in [-0.39, 0.29) is 29.6 Å². The largest absolute Gasteiger partial charge is 0.508 e. The molecule has 1 fully saturated rings. The molecule has 0 spiro atoms. The normalized spacial score (nSPS) is 19.1. The van der Waals surface area contributed by atoms with Crippen molar-refractivity contribution in [2.24, 2.45) is 5.92 Å². The molecule has 1 heterocycles. The zero-order valence-corrected chi connectivity index (χ0v) is 10.5. The number of carbonyl (C=O) groups is 2. The lowest BCUT2D eigenvalue weighted by atomic mass is 10.1. The Morgan fingerprint density at radius 3 is 2.89 bits per heavy atom. The summed E-state index contributed by atoms with van der Waals surface area (Å²) >= 11 is 5.97. The van der Waals surface area contributed by atoms with Gasteiger partial charge in [-0.3, -0.25) is 9.59 Å². The fourth-order valence-electron chi connectivity index (χ4n) is 1.98. The molecule has 1 unspecified atom stereocenters. The van der Waals surface area contributed by atoms with Crippen molar-refractivity contribution in [3.8, 4) is 5.75 Å². The molecule has 6 heteroatoms. The van der Waals surface area contributed by atoms with Crippen molar-refractivity contribution < 1.29 is 19.4 Å². The lowest BCUT2D eigenvalue weighted by Crippen LogP contribution is -2.26. The van der Waals surface area contributed by atoms with E-state index < -0.39 is 11.9 Å². The zero-order valence-electron chi connectivity index (χ0n) is 9.72.